The second kappa shape index (κ2) is 4.81. The number of aromatic nitrogens is 2. The fourth-order valence-electron chi connectivity index (χ4n) is 1.50. The quantitative estimate of drug-likeness (QED) is 0.746. The van der Waals surface area contributed by atoms with Gasteiger partial charge in [0, 0.05) is 21.4 Å². The number of amides is 1. The van der Waals surface area contributed by atoms with E-state index in [1.54, 1.807) is 18.2 Å². The summed E-state index contributed by atoms with van der Waals surface area (Å²) in [6.45, 7) is 3.79. The summed E-state index contributed by atoms with van der Waals surface area (Å²) >= 11 is 3.32. The number of carbonyl (C=O) groups is 1. The lowest BCUT2D eigenvalue weighted by atomic mass is 10.2. The summed E-state index contributed by atoms with van der Waals surface area (Å²) in [5.74, 6) is 0.288. The number of nitrogens with two attached hydrogens (primary N) is 1. The van der Waals surface area contributed by atoms with Gasteiger partial charge in [-0.25, -0.2) is 0 Å². The van der Waals surface area contributed by atoms with Crippen molar-refractivity contribution < 1.29 is 4.79 Å². The molecule has 0 atom stereocenters. The highest BCUT2D eigenvalue weighted by Gasteiger charge is 2.14. The Hall–Kier alpha value is -1.82. The molecule has 94 valence electrons. The Bertz CT molecular complexity index is 606. The maximum absolute atomic E-state index is 12.1. The van der Waals surface area contributed by atoms with Crippen molar-refractivity contribution in [2.24, 2.45) is 0 Å². The summed E-state index contributed by atoms with van der Waals surface area (Å²) in [6.07, 6.45) is 0. The van der Waals surface area contributed by atoms with Gasteiger partial charge >= 0.3 is 0 Å². The monoisotopic (exact) mass is 308 g/mol. The molecule has 4 N–H and O–H groups in total. The molecule has 0 unspecified atom stereocenters. The zero-order valence-corrected chi connectivity index (χ0v) is 11.6. The number of halogens is 1. The third kappa shape index (κ3) is 2.38. The minimum atomic E-state index is -0.247. The van der Waals surface area contributed by atoms with Gasteiger partial charge in [0.1, 0.15) is 0 Å². The van der Waals surface area contributed by atoms with Crippen molar-refractivity contribution in [3.8, 4) is 0 Å². The van der Waals surface area contributed by atoms with Crippen LogP contribution in [0.3, 0.4) is 0 Å². The fourth-order valence-corrected chi connectivity index (χ4v) is 1.93. The Morgan fingerprint density at radius 1 is 1.44 bits per heavy atom. The first-order valence-electron chi connectivity index (χ1n) is 5.37. The zero-order chi connectivity index (χ0) is 13.3. The van der Waals surface area contributed by atoms with Gasteiger partial charge < -0.3 is 11.1 Å². The van der Waals surface area contributed by atoms with Gasteiger partial charge in [-0.2, -0.15) is 5.10 Å². The summed E-state index contributed by atoms with van der Waals surface area (Å²) in [5, 5.41) is 9.60. The molecule has 0 aliphatic rings. The number of aromatic amines is 1. The number of hydrogen-bond acceptors (Lipinski definition) is 3. The van der Waals surface area contributed by atoms with E-state index in [-0.39, 0.29) is 5.91 Å². The predicted molar refractivity (Wildman–Crippen MR) is 74.6 cm³/mol. The summed E-state index contributed by atoms with van der Waals surface area (Å²) in [6, 6.07) is 5.09. The SMILES string of the molecule is Cc1[nH]nc(NC(=O)c2cc(N)ccc2Br)c1C. The Balaban J connectivity index is 2.27. The van der Waals surface area contributed by atoms with Gasteiger partial charge in [0.15, 0.2) is 5.82 Å². The number of carbonyl (C=O) groups excluding carboxylic acids is 1. The third-order valence-corrected chi connectivity index (χ3v) is 3.41. The molecular weight excluding hydrogens is 296 g/mol. The number of aryl methyl sites for hydroxylation is 1. The number of nitrogen functional groups attached to an aromatic ring is 1. The van der Waals surface area contributed by atoms with E-state index in [0.29, 0.717) is 21.5 Å². The highest BCUT2D eigenvalue weighted by atomic mass is 79.9. The first-order chi connectivity index (χ1) is 8.49. The molecule has 18 heavy (non-hydrogen) atoms. The molecule has 0 radical (unpaired) electrons. The van der Waals surface area contributed by atoms with Gasteiger partial charge in [0.05, 0.1) is 5.56 Å². The van der Waals surface area contributed by atoms with Crippen molar-refractivity contribution in [1.82, 2.24) is 10.2 Å². The maximum atomic E-state index is 12.1. The Morgan fingerprint density at radius 2 is 2.17 bits per heavy atom. The third-order valence-electron chi connectivity index (χ3n) is 2.72. The van der Waals surface area contributed by atoms with Gasteiger partial charge in [-0.15, -0.1) is 0 Å². The summed E-state index contributed by atoms with van der Waals surface area (Å²) in [5.41, 5.74) is 8.54. The molecule has 1 aromatic heterocycles. The molecule has 6 heteroatoms. The fraction of sp³-hybridized carbons (Fsp3) is 0.167. The number of anilines is 2. The highest BCUT2D eigenvalue weighted by molar-refractivity contribution is 9.10. The lowest BCUT2D eigenvalue weighted by Gasteiger charge is -2.06. The summed E-state index contributed by atoms with van der Waals surface area (Å²) in [7, 11) is 0. The maximum Gasteiger partial charge on any atom is 0.258 e. The molecule has 5 nitrogen and oxygen atoms in total. The first kappa shape index (κ1) is 12.6. The molecule has 0 bridgehead atoms. The van der Waals surface area contributed by atoms with Crippen LogP contribution in [0.15, 0.2) is 22.7 Å². The van der Waals surface area contributed by atoms with Crippen molar-refractivity contribution in [1.29, 1.82) is 0 Å². The molecular formula is C12H13BrN4O. The van der Waals surface area contributed by atoms with Gasteiger partial charge in [-0.3, -0.25) is 9.89 Å². The Kier molecular flexibility index (Phi) is 3.38. The number of benzene rings is 1. The molecule has 1 amide bonds. The second-order valence-corrected chi connectivity index (χ2v) is 4.87. The van der Waals surface area contributed by atoms with Crippen LogP contribution in [0, 0.1) is 13.8 Å². The van der Waals surface area contributed by atoms with Crippen molar-refractivity contribution in [2.45, 2.75) is 13.8 Å². The molecule has 0 fully saturated rings. The smallest absolute Gasteiger partial charge is 0.258 e. The van der Waals surface area contributed by atoms with E-state index < -0.39 is 0 Å². The molecule has 0 spiro atoms. The van der Waals surface area contributed by atoms with Crippen molar-refractivity contribution in [3.63, 3.8) is 0 Å². The Labute approximate surface area is 113 Å². The van der Waals surface area contributed by atoms with Crippen LogP contribution in [0.4, 0.5) is 11.5 Å². The highest BCUT2D eigenvalue weighted by Crippen LogP contribution is 2.21. The van der Waals surface area contributed by atoms with Crippen molar-refractivity contribution in [2.75, 3.05) is 11.1 Å². The van der Waals surface area contributed by atoms with E-state index >= 15 is 0 Å². The standard InChI is InChI=1S/C12H13BrN4O/c1-6-7(2)16-17-11(6)15-12(18)9-5-8(14)3-4-10(9)13/h3-5H,14H2,1-2H3,(H2,15,16,17,18). The minimum absolute atomic E-state index is 0.247. The molecule has 1 aromatic carbocycles. The second-order valence-electron chi connectivity index (χ2n) is 4.02. The van der Waals surface area contributed by atoms with E-state index in [1.807, 2.05) is 13.8 Å². The van der Waals surface area contributed by atoms with Crippen LogP contribution >= 0.6 is 15.9 Å². The van der Waals surface area contributed by atoms with Crippen LogP contribution in [0.5, 0.6) is 0 Å². The van der Waals surface area contributed by atoms with Crippen LogP contribution in [0.1, 0.15) is 21.6 Å². The summed E-state index contributed by atoms with van der Waals surface area (Å²) in [4.78, 5) is 12.1. The normalized spacial score (nSPS) is 10.4. The summed E-state index contributed by atoms with van der Waals surface area (Å²) < 4.78 is 0.694. The van der Waals surface area contributed by atoms with Crippen LogP contribution in [0.25, 0.3) is 0 Å². The molecule has 2 rings (SSSR count). The van der Waals surface area contributed by atoms with Crippen LogP contribution in [0.2, 0.25) is 0 Å². The predicted octanol–water partition coefficient (Wildman–Crippen LogP) is 2.62. The van der Waals surface area contributed by atoms with E-state index in [2.05, 4.69) is 31.4 Å². The van der Waals surface area contributed by atoms with E-state index in [0.717, 1.165) is 11.3 Å². The Morgan fingerprint density at radius 3 is 2.78 bits per heavy atom. The van der Waals surface area contributed by atoms with Gasteiger partial charge in [0.2, 0.25) is 0 Å². The van der Waals surface area contributed by atoms with E-state index in [4.69, 9.17) is 5.73 Å². The number of H-pyrrole nitrogens is 1. The van der Waals surface area contributed by atoms with Gasteiger partial charge in [-0.1, -0.05) is 0 Å². The lowest BCUT2D eigenvalue weighted by Crippen LogP contribution is -2.14. The number of rotatable bonds is 2. The van der Waals surface area contributed by atoms with Gasteiger partial charge in [-0.05, 0) is 48.0 Å². The molecule has 0 saturated heterocycles. The molecule has 0 saturated carbocycles. The zero-order valence-electron chi connectivity index (χ0n) is 10.0. The number of nitrogens with zero attached hydrogens (tertiary/aromatic N) is 1. The lowest BCUT2D eigenvalue weighted by molar-refractivity contribution is 0.102. The first-order valence-corrected chi connectivity index (χ1v) is 6.16. The van der Waals surface area contributed by atoms with Crippen molar-refractivity contribution >= 4 is 33.3 Å². The van der Waals surface area contributed by atoms with E-state index in [1.165, 1.54) is 0 Å². The largest absolute Gasteiger partial charge is 0.399 e. The minimum Gasteiger partial charge on any atom is -0.399 e. The van der Waals surface area contributed by atoms with Crippen LogP contribution in [-0.2, 0) is 0 Å². The molecule has 0 aliphatic carbocycles. The van der Waals surface area contributed by atoms with Crippen LogP contribution < -0.4 is 11.1 Å². The topological polar surface area (TPSA) is 83.8 Å². The number of hydrogen-bond donors (Lipinski definition) is 3. The van der Waals surface area contributed by atoms with E-state index in [9.17, 15) is 4.79 Å². The van der Waals surface area contributed by atoms with Crippen LogP contribution in [-0.4, -0.2) is 16.1 Å². The average Bonchev–Trinajstić information content (AvgIpc) is 2.64. The average molecular weight is 309 g/mol. The molecule has 2 aromatic rings. The molecule has 1 heterocycles. The van der Waals surface area contributed by atoms with Gasteiger partial charge in [0.25, 0.3) is 5.91 Å². The number of nitrogens with one attached hydrogen (secondary N) is 2. The van der Waals surface area contributed by atoms with Crippen molar-refractivity contribution in [3.05, 3.63) is 39.5 Å². The molecule has 0 aliphatic heterocycles.